The lowest BCUT2D eigenvalue weighted by Crippen LogP contribution is -2.35. The predicted molar refractivity (Wildman–Crippen MR) is 71.1 cm³/mol. The first-order chi connectivity index (χ1) is 8.08. The van der Waals surface area contributed by atoms with Crippen LogP contribution in [0.1, 0.15) is 37.5 Å². The van der Waals surface area contributed by atoms with E-state index < -0.39 is 0 Å². The van der Waals surface area contributed by atoms with Gasteiger partial charge in [-0.3, -0.25) is 4.79 Å². The standard InChI is InChI=1S/C12H21N3OS/c1-5-11-15-10(7-17-11)9(3)14-12(16)8(2)6-13-4/h7-9,13H,5-6H2,1-4H3,(H,14,16). The van der Waals surface area contributed by atoms with Gasteiger partial charge in [-0.15, -0.1) is 11.3 Å². The zero-order chi connectivity index (χ0) is 12.8. The SMILES string of the molecule is CCc1nc(C(C)NC(=O)C(C)CNC)cs1. The van der Waals surface area contributed by atoms with Gasteiger partial charge in [0.15, 0.2) is 0 Å². The molecule has 2 unspecified atom stereocenters. The Morgan fingerprint density at radius 2 is 2.24 bits per heavy atom. The zero-order valence-corrected chi connectivity index (χ0v) is 11.7. The van der Waals surface area contributed by atoms with Crippen molar-refractivity contribution in [1.29, 1.82) is 0 Å². The molecule has 0 bridgehead atoms. The summed E-state index contributed by atoms with van der Waals surface area (Å²) in [6, 6.07) is -0.0154. The van der Waals surface area contributed by atoms with Gasteiger partial charge in [0.2, 0.25) is 5.91 Å². The van der Waals surface area contributed by atoms with Crippen LogP contribution in [0.4, 0.5) is 0 Å². The van der Waals surface area contributed by atoms with Crippen LogP contribution in [0.3, 0.4) is 0 Å². The van der Waals surface area contributed by atoms with Crippen LogP contribution in [0.5, 0.6) is 0 Å². The van der Waals surface area contributed by atoms with Gasteiger partial charge >= 0.3 is 0 Å². The zero-order valence-electron chi connectivity index (χ0n) is 10.9. The molecule has 0 aliphatic carbocycles. The summed E-state index contributed by atoms with van der Waals surface area (Å²) in [7, 11) is 1.85. The van der Waals surface area contributed by atoms with Gasteiger partial charge in [-0.1, -0.05) is 13.8 Å². The summed E-state index contributed by atoms with van der Waals surface area (Å²) in [4.78, 5) is 16.3. The van der Waals surface area contributed by atoms with E-state index in [-0.39, 0.29) is 17.9 Å². The Balaban J connectivity index is 2.53. The van der Waals surface area contributed by atoms with Gasteiger partial charge in [0, 0.05) is 17.8 Å². The van der Waals surface area contributed by atoms with Crippen molar-refractivity contribution in [3.8, 4) is 0 Å². The molecule has 1 rings (SSSR count). The second kappa shape index (κ2) is 6.71. The molecule has 1 heterocycles. The summed E-state index contributed by atoms with van der Waals surface area (Å²) in [5.41, 5.74) is 0.955. The second-order valence-corrected chi connectivity index (χ2v) is 5.15. The fourth-order valence-corrected chi connectivity index (χ4v) is 2.35. The molecule has 2 N–H and O–H groups in total. The Morgan fingerprint density at radius 3 is 2.76 bits per heavy atom. The van der Waals surface area contributed by atoms with E-state index in [0.29, 0.717) is 6.54 Å². The van der Waals surface area contributed by atoms with E-state index in [0.717, 1.165) is 17.1 Å². The number of nitrogens with one attached hydrogen (secondary N) is 2. The maximum Gasteiger partial charge on any atom is 0.224 e. The number of carbonyl (C=O) groups is 1. The number of nitrogens with zero attached hydrogens (tertiary/aromatic N) is 1. The van der Waals surface area contributed by atoms with Crippen LogP contribution >= 0.6 is 11.3 Å². The highest BCUT2D eigenvalue weighted by Gasteiger charge is 2.16. The molecular weight excluding hydrogens is 234 g/mol. The van der Waals surface area contributed by atoms with Crippen LogP contribution in [-0.4, -0.2) is 24.5 Å². The molecule has 0 spiro atoms. The highest BCUT2D eigenvalue weighted by Crippen LogP contribution is 2.17. The lowest BCUT2D eigenvalue weighted by Gasteiger charge is -2.15. The molecule has 0 aliphatic rings. The molecule has 0 radical (unpaired) electrons. The normalized spacial score (nSPS) is 14.4. The molecule has 4 nitrogen and oxygen atoms in total. The fraction of sp³-hybridized carbons (Fsp3) is 0.667. The molecule has 0 saturated carbocycles. The van der Waals surface area contributed by atoms with Crippen LogP contribution in [0.25, 0.3) is 0 Å². The summed E-state index contributed by atoms with van der Waals surface area (Å²) in [6.45, 7) is 6.66. The lowest BCUT2D eigenvalue weighted by atomic mass is 10.1. The molecule has 2 atom stereocenters. The Labute approximate surface area is 107 Å². The minimum Gasteiger partial charge on any atom is -0.348 e. The first kappa shape index (κ1) is 14.1. The molecule has 0 aromatic carbocycles. The van der Waals surface area contributed by atoms with Crippen molar-refractivity contribution in [1.82, 2.24) is 15.6 Å². The minimum absolute atomic E-state index is 0.0154. The molecule has 96 valence electrons. The maximum atomic E-state index is 11.8. The second-order valence-electron chi connectivity index (χ2n) is 4.21. The molecule has 1 aromatic rings. The fourth-order valence-electron chi connectivity index (χ4n) is 1.51. The molecular formula is C12H21N3OS. The highest BCUT2D eigenvalue weighted by molar-refractivity contribution is 7.09. The van der Waals surface area contributed by atoms with E-state index in [4.69, 9.17) is 0 Å². The van der Waals surface area contributed by atoms with E-state index in [1.54, 1.807) is 11.3 Å². The molecule has 17 heavy (non-hydrogen) atoms. The average Bonchev–Trinajstić information content (AvgIpc) is 2.77. The van der Waals surface area contributed by atoms with Crippen LogP contribution in [0, 0.1) is 5.92 Å². The van der Waals surface area contributed by atoms with Gasteiger partial charge < -0.3 is 10.6 Å². The van der Waals surface area contributed by atoms with E-state index in [1.807, 2.05) is 26.3 Å². The smallest absolute Gasteiger partial charge is 0.224 e. The number of thiazole rings is 1. The molecule has 1 aromatic heterocycles. The first-order valence-electron chi connectivity index (χ1n) is 5.97. The monoisotopic (exact) mass is 255 g/mol. The van der Waals surface area contributed by atoms with E-state index in [2.05, 4.69) is 22.5 Å². The van der Waals surface area contributed by atoms with Crippen molar-refractivity contribution in [3.63, 3.8) is 0 Å². The molecule has 0 saturated heterocycles. The van der Waals surface area contributed by atoms with Gasteiger partial charge in [0.25, 0.3) is 0 Å². The van der Waals surface area contributed by atoms with Gasteiger partial charge in [0.1, 0.15) is 0 Å². The summed E-state index contributed by atoms with van der Waals surface area (Å²) in [5.74, 6) is 0.0460. The topological polar surface area (TPSA) is 54.0 Å². The van der Waals surface area contributed by atoms with Crippen LogP contribution < -0.4 is 10.6 Å². The van der Waals surface area contributed by atoms with Gasteiger partial charge in [0.05, 0.1) is 16.7 Å². The first-order valence-corrected chi connectivity index (χ1v) is 6.85. The third kappa shape index (κ3) is 4.09. The Bertz CT molecular complexity index is 364. The number of aryl methyl sites for hydroxylation is 1. The van der Waals surface area contributed by atoms with E-state index in [9.17, 15) is 4.79 Å². The average molecular weight is 255 g/mol. The molecule has 0 fully saturated rings. The summed E-state index contributed by atoms with van der Waals surface area (Å²) in [5, 5.41) is 9.12. The van der Waals surface area contributed by atoms with Gasteiger partial charge in [-0.2, -0.15) is 0 Å². The molecule has 0 aliphatic heterocycles. The van der Waals surface area contributed by atoms with Crippen molar-refractivity contribution in [2.24, 2.45) is 5.92 Å². The van der Waals surface area contributed by atoms with Gasteiger partial charge in [-0.25, -0.2) is 4.98 Å². The number of aromatic nitrogens is 1. The number of hydrogen-bond acceptors (Lipinski definition) is 4. The number of rotatable bonds is 6. The van der Waals surface area contributed by atoms with Crippen LogP contribution in [-0.2, 0) is 11.2 Å². The third-order valence-corrected chi connectivity index (χ3v) is 3.64. The number of carbonyl (C=O) groups excluding carboxylic acids is 1. The van der Waals surface area contributed by atoms with Crippen molar-refractivity contribution in [2.45, 2.75) is 33.2 Å². The maximum absolute atomic E-state index is 11.8. The molecule has 5 heteroatoms. The Hall–Kier alpha value is -0.940. The van der Waals surface area contributed by atoms with Crippen molar-refractivity contribution in [2.75, 3.05) is 13.6 Å². The van der Waals surface area contributed by atoms with E-state index in [1.165, 1.54) is 0 Å². The third-order valence-electron chi connectivity index (χ3n) is 2.63. The largest absolute Gasteiger partial charge is 0.348 e. The van der Waals surface area contributed by atoms with Crippen LogP contribution in [0.15, 0.2) is 5.38 Å². The van der Waals surface area contributed by atoms with Crippen molar-refractivity contribution < 1.29 is 4.79 Å². The van der Waals surface area contributed by atoms with Crippen molar-refractivity contribution >= 4 is 17.2 Å². The Morgan fingerprint density at radius 1 is 1.53 bits per heavy atom. The quantitative estimate of drug-likeness (QED) is 0.814. The number of hydrogen-bond donors (Lipinski definition) is 2. The van der Waals surface area contributed by atoms with Crippen LogP contribution in [0.2, 0.25) is 0 Å². The summed E-state index contributed by atoms with van der Waals surface area (Å²) in [6.07, 6.45) is 0.946. The predicted octanol–water partition coefficient (Wildman–Crippen LogP) is 1.74. The van der Waals surface area contributed by atoms with Gasteiger partial charge in [-0.05, 0) is 20.4 Å². The summed E-state index contributed by atoms with van der Waals surface area (Å²) < 4.78 is 0. The van der Waals surface area contributed by atoms with E-state index >= 15 is 0 Å². The molecule has 1 amide bonds. The highest BCUT2D eigenvalue weighted by atomic mass is 32.1. The number of amides is 1. The minimum atomic E-state index is -0.0215. The lowest BCUT2D eigenvalue weighted by molar-refractivity contribution is -0.125. The van der Waals surface area contributed by atoms with Crippen molar-refractivity contribution in [3.05, 3.63) is 16.1 Å². The summed E-state index contributed by atoms with van der Waals surface area (Å²) >= 11 is 1.65. The Kier molecular flexibility index (Phi) is 5.58.